The molecule has 218 valence electrons. The molecular formula is C44H24O2S. The predicted octanol–water partition coefficient (Wildman–Crippen LogP) is 13.5. The van der Waals surface area contributed by atoms with Gasteiger partial charge in [-0.15, -0.1) is 11.3 Å². The number of furan rings is 2. The molecule has 3 aromatic heterocycles. The molecule has 3 heterocycles. The molecule has 3 heteroatoms. The van der Waals surface area contributed by atoms with E-state index in [-0.39, 0.29) is 0 Å². The van der Waals surface area contributed by atoms with Crippen molar-refractivity contribution in [2.24, 2.45) is 0 Å². The van der Waals surface area contributed by atoms with Crippen molar-refractivity contribution in [2.75, 3.05) is 0 Å². The Morgan fingerprint density at radius 1 is 0.362 bits per heavy atom. The number of rotatable bonds is 2. The largest absolute Gasteiger partial charge is 0.456 e. The van der Waals surface area contributed by atoms with Gasteiger partial charge in [0.05, 0.1) is 0 Å². The number of fused-ring (bicyclic) bond motifs is 12. The molecule has 0 N–H and O–H groups in total. The van der Waals surface area contributed by atoms with Crippen LogP contribution in [0.3, 0.4) is 0 Å². The zero-order valence-electron chi connectivity index (χ0n) is 25.1. The first-order chi connectivity index (χ1) is 23.3. The molecule has 0 atom stereocenters. The minimum Gasteiger partial charge on any atom is -0.456 e. The van der Waals surface area contributed by atoms with Crippen molar-refractivity contribution in [1.82, 2.24) is 0 Å². The topological polar surface area (TPSA) is 26.3 Å². The lowest BCUT2D eigenvalue weighted by Gasteiger charge is -2.17. The third-order valence-corrected chi connectivity index (χ3v) is 11.0. The SMILES string of the molecule is c1ccc2c(c1)oc1cc(-c3c4ccccc4c(-c4cccc5c4oc4ccc6sc7ccccc7c6c45)c4ccccc34)ccc12. The van der Waals surface area contributed by atoms with E-state index in [9.17, 15) is 0 Å². The van der Waals surface area contributed by atoms with Gasteiger partial charge in [-0.25, -0.2) is 0 Å². The molecule has 0 unspecified atom stereocenters. The monoisotopic (exact) mass is 616 g/mol. The highest BCUT2D eigenvalue weighted by atomic mass is 32.1. The number of thiophene rings is 1. The van der Waals surface area contributed by atoms with Gasteiger partial charge in [0.2, 0.25) is 0 Å². The molecule has 0 aliphatic carbocycles. The van der Waals surface area contributed by atoms with Crippen molar-refractivity contribution >= 4 is 96.9 Å². The maximum absolute atomic E-state index is 6.85. The van der Waals surface area contributed by atoms with Crippen molar-refractivity contribution in [3.63, 3.8) is 0 Å². The fraction of sp³-hybridized carbons (Fsp3) is 0. The Hall–Kier alpha value is -5.90. The zero-order chi connectivity index (χ0) is 30.6. The third kappa shape index (κ3) is 3.44. The van der Waals surface area contributed by atoms with Crippen molar-refractivity contribution in [2.45, 2.75) is 0 Å². The smallest absolute Gasteiger partial charge is 0.143 e. The lowest BCUT2D eigenvalue weighted by Crippen LogP contribution is -1.91. The van der Waals surface area contributed by atoms with Gasteiger partial charge < -0.3 is 8.83 Å². The van der Waals surface area contributed by atoms with Gasteiger partial charge in [0.1, 0.15) is 22.3 Å². The van der Waals surface area contributed by atoms with Crippen LogP contribution in [0.2, 0.25) is 0 Å². The molecule has 0 aliphatic heterocycles. The fourth-order valence-corrected chi connectivity index (χ4v) is 9.03. The second kappa shape index (κ2) is 9.32. The summed E-state index contributed by atoms with van der Waals surface area (Å²) in [5.41, 5.74) is 8.33. The van der Waals surface area contributed by atoms with Crippen LogP contribution in [0, 0.1) is 0 Å². The van der Waals surface area contributed by atoms with Crippen molar-refractivity contribution in [3.8, 4) is 22.3 Å². The van der Waals surface area contributed by atoms with Crippen molar-refractivity contribution in [1.29, 1.82) is 0 Å². The third-order valence-electron chi connectivity index (χ3n) is 9.87. The summed E-state index contributed by atoms with van der Waals surface area (Å²) in [5.74, 6) is 0. The lowest BCUT2D eigenvalue weighted by molar-refractivity contribution is 0.669. The molecule has 0 fully saturated rings. The molecule has 11 rings (SSSR count). The summed E-state index contributed by atoms with van der Waals surface area (Å²) in [6.07, 6.45) is 0. The summed E-state index contributed by atoms with van der Waals surface area (Å²) in [4.78, 5) is 0. The quantitative estimate of drug-likeness (QED) is 0.181. The highest BCUT2D eigenvalue weighted by molar-refractivity contribution is 7.26. The average molecular weight is 617 g/mol. The molecule has 0 bridgehead atoms. The normalized spacial score (nSPS) is 12.3. The van der Waals surface area contributed by atoms with E-state index >= 15 is 0 Å². The summed E-state index contributed by atoms with van der Waals surface area (Å²) in [7, 11) is 0. The van der Waals surface area contributed by atoms with Gasteiger partial charge >= 0.3 is 0 Å². The van der Waals surface area contributed by atoms with Crippen LogP contribution in [-0.4, -0.2) is 0 Å². The van der Waals surface area contributed by atoms with Gasteiger partial charge in [-0.05, 0) is 69.1 Å². The molecule has 0 aliphatic rings. The fourth-order valence-electron chi connectivity index (χ4n) is 7.91. The Balaban J connectivity index is 1.24. The van der Waals surface area contributed by atoms with E-state index in [0.29, 0.717) is 0 Å². The van der Waals surface area contributed by atoms with E-state index in [0.717, 1.165) is 49.6 Å². The van der Waals surface area contributed by atoms with Crippen LogP contribution in [0.15, 0.2) is 154 Å². The summed E-state index contributed by atoms with van der Waals surface area (Å²) >= 11 is 1.85. The average Bonchev–Trinajstić information content (AvgIpc) is 3.81. The number of benzene rings is 8. The van der Waals surface area contributed by atoms with E-state index in [1.54, 1.807) is 0 Å². The van der Waals surface area contributed by atoms with Crippen molar-refractivity contribution in [3.05, 3.63) is 146 Å². The number of hydrogen-bond acceptors (Lipinski definition) is 3. The molecule has 47 heavy (non-hydrogen) atoms. The second-order valence-electron chi connectivity index (χ2n) is 12.3. The van der Waals surface area contributed by atoms with Crippen LogP contribution in [0.4, 0.5) is 0 Å². The Labute approximate surface area is 272 Å². The molecule has 0 saturated carbocycles. The van der Waals surface area contributed by atoms with Gasteiger partial charge in [-0.1, -0.05) is 109 Å². The van der Waals surface area contributed by atoms with Gasteiger partial charge in [-0.2, -0.15) is 0 Å². The van der Waals surface area contributed by atoms with E-state index < -0.39 is 0 Å². The summed E-state index contributed by atoms with van der Waals surface area (Å²) in [6, 6.07) is 52.2. The Morgan fingerprint density at radius 3 is 1.79 bits per heavy atom. The molecular weight excluding hydrogens is 593 g/mol. The van der Waals surface area contributed by atoms with E-state index in [2.05, 4.69) is 133 Å². The summed E-state index contributed by atoms with van der Waals surface area (Å²) < 4.78 is 15.8. The number of hydrogen-bond donors (Lipinski definition) is 0. The predicted molar refractivity (Wildman–Crippen MR) is 200 cm³/mol. The van der Waals surface area contributed by atoms with Gasteiger partial charge in [-0.3, -0.25) is 0 Å². The van der Waals surface area contributed by atoms with Gasteiger partial charge in [0.25, 0.3) is 0 Å². The van der Waals surface area contributed by atoms with Crippen LogP contribution in [0.5, 0.6) is 0 Å². The minimum atomic E-state index is 0.903. The maximum Gasteiger partial charge on any atom is 0.143 e. The lowest BCUT2D eigenvalue weighted by atomic mass is 9.85. The number of para-hydroxylation sites is 2. The molecule has 0 radical (unpaired) electrons. The van der Waals surface area contributed by atoms with E-state index in [1.807, 2.05) is 23.5 Å². The Bertz CT molecular complexity index is 3020. The summed E-state index contributed by atoms with van der Waals surface area (Å²) in [5, 5.41) is 12.0. The first-order valence-corrected chi connectivity index (χ1v) is 16.7. The Morgan fingerprint density at radius 2 is 1.00 bits per heavy atom. The van der Waals surface area contributed by atoms with Crippen LogP contribution in [0.25, 0.3) is 108 Å². The highest BCUT2D eigenvalue weighted by Gasteiger charge is 2.22. The van der Waals surface area contributed by atoms with Crippen molar-refractivity contribution < 1.29 is 8.83 Å². The van der Waals surface area contributed by atoms with Crippen LogP contribution < -0.4 is 0 Å². The zero-order valence-corrected chi connectivity index (χ0v) is 25.9. The van der Waals surface area contributed by atoms with E-state index in [1.165, 1.54) is 58.2 Å². The summed E-state index contributed by atoms with van der Waals surface area (Å²) in [6.45, 7) is 0. The van der Waals surface area contributed by atoms with Crippen LogP contribution in [-0.2, 0) is 0 Å². The van der Waals surface area contributed by atoms with E-state index in [4.69, 9.17) is 8.83 Å². The molecule has 11 aromatic rings. The molecule has 0 saturated heterocycles. The van der Waals surface area contributed by atoms with Crippen LogP contribution >= 0.6 is 11.3 Å². The second-order valence-corrected chi connectivity index (χ2v) is 13.4. The maximum atomic E-state index is 6.85. The highest BCUT2D eigenvalue weighted by Crippen LogP contribution is 2.49. The molecule has 8 aromatic carbocycles. The van der Waals surface area contributed by atoms with Gasteiger partial charge in [0, 0.05) is 52.8 Å². The minimum absolute atomic E-state index is 0.903. The van der Waals surface area contributed by atoms with Gasteiger partial charge in [0.15, 0.2) is 0 Å². The van der Waals surface area contributed by atoms with Crippen LogP contribution in [0.1, 0.15) is 0 Å². The molecule has 2 nitrogen and oxygen atoms in total. The molecule has 0 amide bonds. The standard InChI is InChI=1S/C44H24O2S/c1-3-13-30-28(11-1)40(25-20-21-27-26-10-5-7-18-35(26)45-37(27)24-25)29-12-2-4-14-31(29)41(30)33-16-9-17-34-42-36(46-44(33)34)22-23-39-43(42)32-15-6-8-19-38(32)47-39/h1-24H. The Kier molecular flexibility index (Phi) is 5.02. The first kappa shape index (κ1) is 25.3. The first-order valence-electron chi connectivity index (χ1n) is 15.9. The molecule has 0 spiro atoms.